The molecule has 1 atom stereocenters. The minimum Gasteiger partial charge on any atom is -0.383 e. The molecule has 0 bridgehead atoms. The van der Waals surface area contributed by atoms with Gasteiger partial charge in [0.1, 0.15) is 0 Å². The summed E-state index contributed by atoms with van der Waals surface area (Å²) in [6.07, 6.45) is 6.13. The number of halogens is 1. The Balaban J connectivity index is 1.64. The van der Waals surface area contributed by atoms with E-state index in [1.165, 1.54) is 25.2 Å². The zero-order valence-electron chi connectivity index (χ0n) is 12.6. The van der Waals surface area contributed by atoms with E-state index in [4.69, 9.17) is 4.74 Å². The SMILES string of the molecule is COCCN1CC[C@]2(CCCN(c3ncc(F)cn3)C2)C1. The van der Waals surface area contributed by atoms with Crippen LogP contribution in [0.25, 0.3) is 0 Å². The summed E-state index contributed by atoms with van der Waals surface area (Å²) in [7, 11) is 1.75. The van der Waals surface area contributed by atoms with Crippen LogP contribution in [0.1, 0.15) is 19.3 Å². The third kappa shape index (κ3) is 3.32. The Morgan fingerprint density at radius 2 is 2.05 bits per heavy atom. The van der Waals surface area contributed by atoms with Crippen molar-refractivity contribution in [2.24, 2.45) is 5.41 Å². The van der Waals surface area contributed by atoms with Gasteiger partial charge in [-0.1, -0.05) is 0 Å². The topological polar surface area (TPSA) is 41.5 Å². The lowest BCUT2D eigenvalue weighted by atomic mass is 9.79. The van der Waals surface area contributed by atoms with E-state index in [9.17, 15) is 4.39 Å². The molecule has 6 heteroatoms. The van der Waals surface area contributed by atoms with Gasteiger partial charge in [-0.15, -0.1) is 0 Å². The summed E-state index contributed by atoms with van der Waals surface area (Å²) in [4.78, 5) is 13.0. The number of hydrogen-bond acceptors (Lipinski definition) is 5. The summed E-state index contributed by atoms with van der Waals surface area (Å²) < 4.78 is 18.1. The Morgan fingerprint density at radius 1 is 1.24 bits per heavy atom. The van der Waals surface area contributed by atoms with Crippen molar-refractivity contribution < 1.29 is 9.13 Å². The van der Waals surface area contributed by atoms with Gasteiger partial charge in [0.25, 0.3) is 0 Å². The van der Waals surface area contributed by atoms with Gasteiger partial charge in [-0.05, 0) is 25.8 Å². The molecule has 0 unspecified atom stereocenters. The molecular formula is C15H23FN4O. The minimum atomic E-state index is -0.378. The van der Waals surface area contributed by atoms with Crippen molar-refractivity contribution in [3.8, 4) is 0 Å². The van der Waals surface area contributed by atoms with E-state index < -0.39 is 0 Å². The van der Waals surface area contributed by atoms with Crippen LogP contribution < -0.4 is 4.90 Å². The van der Waals surface area contributed by atoms with E-state index in [-0.39, 0.29) is 5.82 Å². The summed E-state index contributed by atoms with van der Waals surface area (Å²) in [5.74, 6) is 0.280. The fraction of sp³-hybridized carbons (Fsp3) is 0.733. The number of hydrogen-bond donors (Lipinski definition) is 0. The standard InChI is InChI=1S/C15H23FN4O/c1-21-8-7-19-6-4-15(11-19)3-2-5-20(12-15)14-17-9-13(16)10-18-14/h9-10H,2-8,11-12H2,1H3/t15-/m1/s1. The molecule has 0 N–H and O–H groups in total. The highest BCUT2D eigenvalue weighted by Gasteiger charge is 2.41. The van der Waals surface area contributed by atoms with Crippen LogP contribution in [0, 0.1) is 11.2 Å². The zero-order chi connectivity index (χ0) is 14.7. The normalized spacial score (nSPS) is 26.7. The van der Waals surface area contributed by atoms with Crippen molar-refractivity contribution in [1.29, 1.82) is 0 Å². The van der Waals surface area contributed by atoms with E-state index in [1.807, 2.05) is 0 Å². The lowest BCUT2D eigenvalue weighted by molar-refractivity contribution is 0.148. The highest BCUT2D eigenvalue weighted by molar-refractivity contribution is 5.30. The fourth-order valence-corrected chi connectivity index (χ4v) is 3.62. The van der Waals surface area contributed by atoms with Gasteiger partial charge < -0.3 is 14.5 Å². The second-order valence-corrected chi connectivity index (χ2v) is 6.25. The molecular weight excluding hydrogens is 271 g/mol. The van der Waals surface area contributed by atoms with Gasteiger partial charge in [-0.25, -0.2) is 14.4 Å². The molecule has 116 valence electrons. The number of nitrogens with zero attached hydrogens (tertiary/aromatic N) is 4. The van der Waals surface area contributed by atoms with Crippen molar-refractivity contribution in [2.45, 2.75) is 19.3 Å². The molecule has 0 radical (unpaired) electrons. The van der Waals surface area contributed by atoms with Crippen molar-refractivity contribution in [3.63, 3.8) is 0 Å². The Labute approximate surface area is 125 Å². The van der Waals surface area contributed by atoms with Crippen LogP contribution in [0.4, 0.5) is 10.3 Å². The zero-order valence-corrected chi connectivity index (χ0v) is 12.6. The van der Waals surface area contributed by atoms with Crippen molar-refractivity contribution in [2.75, 3.05) is 51.3 Å². The lowest BCUT2D eigenvalue weighted by Crippen LogP contribution is -2.45. The van der Waals surface area contributed by atoms with Crippen LogP contribution >= 0.6 is 0 Å². The molecule has 2 fully saturated rings. The molecule has 1 aromatic rings. The van der Waals surface area contributed by atoms with E-state index >= 15 is 0 Å². The first-order valence-corrected chi connectivity index (χ1v) is 7.65. The number of anilines is 1. The van der Waals surface area contributed by atoms with Gasteiger partial charge in [0.2, 0.25) is 5.95 Å². The fourth-order valence-electron chi connectivity index (χ4n) is 3.62. The summed E-state index contributed by atoms with van der Waals surface area (Å²) >= 11 is 0. The average molecular weight is 294 g/mol. The Bertz CT molecular complexity index is 469. The molecule has 0 saturated carbocycles. The van der Waals surface area contributed by atoms with Crippen LogP contribution in [0.15, 0.2) is 12.4 Å². The highest BCUT2D eigenvalue weighted by Crippen LogP contribution is 2.39. The van der Waals surface area contributed by atoms with Gasteiger partial charge >= 0.3 is 0 Å². The monoisotopic (exact) mass is 294 g/mol. The first-order valence-electron chi connectivity index (χ1n) is 7.65. The molecule has 5 nitrogen and oxygen atoms in total. The average Bonchev–Trinajstić information content (AvgIpc) is 2.88. The van der Waals surface area contributed by atoms with E-state index in [0.29, 0.717) is 11.4 Å². The second kappa shape index (κ2) is 6.23. The summed E-state index contributed by atoms with van der Waals surface area (Å²) in [5, 5.41) is 0. The molecule has 2 aliphatic rings. The minimum absolute atomic E-state index is 0.337. The predicted molar refractivity (Wildman–Crippen MR) is 78.8 cm³/mol. The molecule has 1 spiro atoms. The number of ether oxygens (including phenoxy) is 1. The molecule has 0 amide bonds. The smallest absolute Gasteiger partial charge is 0.225 e. The van der Waals surface area contributed by atoms with E-state index in [1.54, 1.807) is 7.11 Å². The molecule has 0 aliphatic carbocycles. The van der Waals surface area contributed by atoms with Gasteiger partial charge in [-0.2, -0.15) is 0 Å². The summed E-state index contributed by atoms with van der Waals surface area (Å²) in [6, 6.07) is 0. The van der Waals surface area contributed by atoms with Crippen LogP contribution in [-0.4, -0.2) is 61.3 Å². The van der Waals surface area contributed by atoms with Crippen LogP contribution in [0.3, 0.4) is 0 Å². The quantitative estimate of drug-likeness (QED) is 0.843. The summed E-state index contributed by atoms with van der Waals surface area (Å²) in [6.45, 7) is 6.00. The predicted octanol–water partition coefficient (Wildman–Crippen LogP) is 1.55. The third-order valence-corrected chi connectivity index (χ3v) is 4.68. The molecule has 3 heterocycles. The number of methoxy groups -OCH3 is 1. The first-order chi connectivity index (χ1) is 10.2. The first kappa shape index (κ1) is 14.7. The van der Waals surface area contributed by atoms with E-state index in [0.717, 1.165) is 45.8 Å². The Kier molecular flexibility index (Phi) is 4.35. The molecule has 2 saturated heterocycles. The van der Waals surface area contributed by atoms with Crippen molar-refractivity contribution >= 4 is 5.95 Å². The maximum absolute atomic E-state index is 13.0. The molecule has 0 aromatic carbocycles. The largest absolute Gasteiger partial charge is 0.383 e. The molecule has 1 aromatic heterocycles. The highest BCUT2D eigenvalue weighted by atomic mass is 19.1. The van der Waals surface area contributed by atoms with Crippen LogP contribution in [0.2, 0.25) is 0 Å². The van der Waals surface area contributed by atoms with Crippen molar-refractivity contribution in [3.05, 3.63) is 18.2 Å². The molecule has 21 heavy (non-hydrogen) atoms. The maximum Gasteiger partial charge on any atom is 0.225 e. The maximum atomic E-state index is 13.0. The van der Waals surface area contributed by atoms with Crippen molar-refractivity contribution in [1.82, 2.24) is 14.9 Å². The lowest BCUT2D eigenvalue weighted by Gasteiger charge is -2.40. The number of piperidine rings is 1. The number of likely N-dealkylation sites (tertiary alicyclic amines) is 1. The second-order valence-electron chi connectivity index (χ2n) is 6.25. The Hall–Kier alpha value is -1.27. The Morgan fingerprint density at radius 3 is 2.81 bits per heavy atom. The number of aromatic nitrogens is 2. The van der Waals surface area contributed by atoms with Gasteiger partial charge in [0, 0.05) is 38.7 Å². The van der Waals surface area contributed by atoms with Gasteiger partial charge in [0.15, 0.2) is 5.82 Å². The van der Waals surface area contributed by atoms with Gasteiger partial charge in [0.05, 0.1) is 19.0 Å². The molecule has 2 aliphatic heterocycles. The summed E-state index contributed by atoms with van der Waals surface area (Å²) in [5.41, 5.74) is 0.337. The number of rotatable bonds is 4. The third-order valence-electron chi connectivity index (χ3n) is 4.68. The van der Waals surface area contributed by atoms with Crippen LogP contribution in [-0.2, 0) is 4.74 Å². The molecule has 3 rings (SSSR count). The van der Waals surface area contributed by atoms with E-state index in [2.05, 4.69) is 19.8 Å². The van der Waals surface area contributed by atoms with Gasteiger partial charge in [-0.3, -0.25) is 0 Å². The van der Waals surface area contributed by atoms with Crippen LogP contribution in [0.5, 0.6) is 0 Å².